The van der Waals surface area contributed by atoms with E-state index in [1.54, 1.807) is 7.11 Å². The maximum atomic E-state index is 5.84. The van der Waals surface area contributed by atoms with Gasteiger partial charge in [-0.1, -0.05) is 41.7 Å². The molecular formula is C19H20N4O2S2. The Labute approximate surface area is 167 Å². The highest BCUT2D eigenvalue weighted by molar-refractivity contribution is 7.73. The fourth-order valence-electron chi connectivity index (χ4n) is 3.00. The molecule has 0 saturated heterocycles. The number of ether oxygens (including phenoxy) is 2. The summed E-state index contributed by atoms with van der Waals surface area (Å²) in [6.45, 7) is 2.91. The van der Waals surface area contributed by atoms with Gasteiger partial charge >= 0.3 is 0 Å². The molecule has 1 aliphatic rings. The van der Waals surface area contributed by atoms with E-state index >= 15 is 0 Å². The van der Waals surface area contributed by atoms with Crippen LogP contribution in [0, 0.1) is 3.95 Å². The molecule has 8 heteroatoms. The molecule has 0 bridgehead atoms. The van der Waals surface area contributed by atoms with Crippen LogP contribution in [0.3, 0.4) is 0 Å². The molecule has 0 aliphatic carbocycles. The van der Waals surface area contributed by atoms with Crippen molar-refractivity contribution in [1.29, 1.82) is 0 Å². The van der Waals surface area contributed by atoms with Crippen LogP contribution in [0.4, 0.5) is 10.8 Å². The Balaban J connectivity index is 1.50. The van der Waals surface area contributed by atoms with Gasteiger partial charge in [0.2, 0.25) is 5.13 Å². The highest BCUT2D eigenvalue weighted by atomic mass is 32.1. The SMILES string of the molecule is COc1ccccc1Nc1nn(CN2CCOc3ccccc3C2)c(=S)s1. The molecule has 27 heavy (non-hydrogen) atoms. The molecule has 0 amide bonds. The third kappa shape index (κ3) is 4.13. The van der Waals surface area contributed by atoms with Crippen LogP contribution >= 0.6 is 23.6 Å². The van der Waals surface area contributed by atoms with Crippen LogP contribution in [0.15, 0.2) is 48.5 Å². The first kappa shape index (κ1) is 18.0. The van der Waals surface area contributed by atoms with Crippen molar-refractivity contribution >= 4 is 34.4 Å². The zero-order valence-electron chi connectivity index (χ0n) is 14.9. The number of benzene rings is 2. The van der Waals surface area contributed by atoms with Crippen LogP contribution in [0.25, 0.3) is 0 Å². The second kappa shape index (κ2) is 8.08. The maximum absolute atomic E-state index is 5.84. The Kier molecular flexibility index (Phi) is 5.38. The van der Waals surface area contributed by atoms with Gasteiger partial charge in [0.1, 0.15) is 18.1 Å². The third-order valence-corrected chi connectivity index (χ3v) is 5.54. The highest BCUT2D eigenvalue weighted by Crippen LogP contribution is 2.28. The quantitative estimate of drug-likeness (QED) is 0.645. The summed E-state index contributed by atoms with van der Waals surface area (Å²) in [5, 5.41) is 8.69. The van der Waals surface area contributed by atoms with Crippen molar-refractivity contribution < 1.29 is 9.47 Å². The third-order valence-electron chi connectivity index (χ3n) is 4.32. The molecule has 1 N–H and O–H groups in total. The number of anilines is 2. The van der Waals surface area contributed by atoms with Crippen molar-refractivity contribution in [3.63, 3.8) is 0 Å². The van der Waals surface area contributed by atoms with Crippen molar-refractivity contribution in [2.75, 3.05) is 25.6 Å². The van der Waals surface area contributed by atoms with Crippen LogP contribution in [0.2, 0.25) is 0 Å². The smallest absolute Gasteiger partial charge is 0.209 e. The second-order valence-electron chi connectivity index (χ2n) is 6.15. The molecule has 0 atom stereocenters. The van der Waals surface area contributed by atoms with E-state index in [0.717, 1.165) is 39.4 Å². The summed E-state index contributed by atoms with van der Waals surface area (Å²) in [5.74, 6) is 1.73. The molecule has 0 spiro atoms. The number of hydrogen-bond acceptors (Lipinski definition) is 7. The van der Waals surface area contributed by atoms with Crippen LogP contribution in [0.1, 0.15) is 5.56 Å². The normalized spacial score (nSPS) is 14.1. The molecular weight excluding hydrogens is 380 g/mol. The summed E-state index contributed by atoms with van der Waals surface area (Å²) in [6, 6.07) is 15.9. The van der Waals surface area contributed by atoms with Gasteiger partial charge < -0.3 is 14.8 Å². The maximum Gasteiger partial charge on any atom is 0.209 e. The Morgan fingerprint density at radius 2 is 2.04 bits per heavy atom. The Morgan fingerprint density at radius 1 is 1.22 bits per heavy atom. The molecule has 2 heterocycles. The standard InChI is InChI=1S/C19H20N4O2S2/c1-24-17-9-5-3-7-15(17)20-18-21-23(19(26)27-18)13-22-10-11-25-16-8-4-2-6-14(16)12-22/h2-9H,10-13H2,1H3,(H,20,21). The molecule has 4 rings (SSSR count). The zero-order valence-corrected chi connectivity index (χ0v) is 16.6. The van der Waals surface area contributed by atoms with E-state index in [1.165, 1.54) is 16.9 Å². The van der Waals surface area contributed by atoms with Gasteiger partial charge in [0.25, 0.3) is 0 Å². The Morgan fingerprint density at radius 3 is 2.93 bits per heavy atom. The summed E-state index contributed by atoms with van der Waals surface area (Å²) in [7, 11) is 1.65. The molecule has 0 unspecified atom stereocenters. The number of para-hydroxylation sites is 3. The predicted octanol–water partition coefficient (Wildman–Crippen LogP) is 4.28. The Hall–Kier alpha value is -2.42. The van der Waals surface area contributed by atoms with Crippen molar-refractivity contribution in [2.24, 2.45) is 0 Å². The average molecular weight is 401 g/mol. The lowest BCUT2D eigenvalue weighted by atomic mass is 10.2. The van der Waals surface area contributed by atoms with Crippen LogP contribution < -0.4 is 14.8 Å². The molecule has 0 radical (unpaired) electrons. The summed E-state index contributed by atoms with van der Waals surface area (Å²) in [6.07, 6.45) is 0. The van der Waals surface area contributed by atoms with Gasteiger partial charge in [-0.05, 0) is 30.4 Å². The lowest BCUT2D eigenvalue weighted by Gasteiger charge is -2.18. The molecule has 140 valence electrons. The van der Waals surface area contributed by atoms with Crippen molar-refractivity contribution in [1.82, 2.24) is 14.7 Å². The number of methoxy groups -OCH3 is 1. The van der Waals surface area contributed by atoms with Gasteiger partial charge in [0, 0.05) is 18.7 Å². The zero-order chi connectivity index (χ0) is 18.6. The highest BCUT2D eigenvalue weighted by Gasteiger charge is 2.16. The molecule has 0 saturated carbocycles. The molecule has 1 aromatic heterocycles. The molecule has 1 aliphatic heterocycles. The number of nitrogens with one attached hydrogen (secondary N) is 1. The minimum absolute atomic E-state index is 0.626. The van der Waals surface area contributed by atoms with Crippen molar-refractivity contribution in [2.45, 2.75) is 13.2 Å². The van der Waals surface area contributed by atoms with Gasteiger partial charge in [-0.15, -0.1) is 5.10 Å². The van der Waals surface area contributed by atoms with E-state index in [1.807, 2.05) is 47.1 Å². The molecule has 3 aromatic rings. The number of hydrogen-bond donors (Lipinski definition) is 1. The lowest BCUT2D eigenvalue weighted by molar-refractivity contribution is 0.178. The van der Waals surface area contributed by atoms with E-state index in [-0.39, 0.29) is 0 Å². The first-order chi connectivity index (χ1) is 13.2. The number of fused-ring (bicyclic) bond motifs is 1. The summed E-state index contributed by atoms with van der Waals surface area (Å²) >= 11 is 6.97. The van der Waals surface area contributed by atoms with Gasteiger partial charge in [-0.3, -0.25) is 4.90 Å². The van der Waals surface area contributed by atoms with E-state index in [0.29, 0.717) is 13.3 Å². The number of aromatic nitrogens is 2. The minimum atomic E-state index is 0.626. The predicted molar refractivity (Wildman–Crippen MR) is 110 cm³/mol. The van der Waals surface area contributed by atoms with Gasteiger partial charge in [-0.2, -0.15) is 0 Å². The first-order valence-electron chi connectivity index (χ1n) is 8.64. The summed E-state index contributed by atoms with van der Waals surface area (Å²) in [5.41, 5.74) is 2.05. The van der Waals surface area contributed by atoms with Crippen molar-refractivity contribution in [3.05, 3.63) is 58.0 Å². The second-order valence-corrected chi connectivity index (χ2v) is 7.77. The van der Waals surface area contributed by atoms with E-state index in [2.05, 4.69) is 21.4 Å². The molecule has 0 fully saturated rings. The monoisotopic (exact) mass is 400 g/mol. The van der Waals surface area contributed by atoms with Gasteiger partial charge in [0.15, 0.2) is 3.95 Å². The lowest BCUT2D eigenvalue weighted by Crippen LogP contribution is -2.28. The fourth-order valence-corrected chi connectivity index (χ4v) is 4.00. The fraction of sp³-hybridized carbons (Fsp3) is 0.263. The van der Waals surface area contributed by atoms with Crippen molar-refractivity contribution in [3.8, 4) is 11.5 Å². The van der Waals surface area contributed by atoms with Crippen LogP contribution in [-0.4, -0.2) is 34.9 Å². The van der Waals surface area contributed by atoms with E-state index < -0.39 is 0 Å². The van der Waals surface area contributed by atoms with Gasteiger partial charge in [-0.25, -0.2) is 4.68 Å². The molecule has 2 aromatic carbocycles. The minimum Gasteiger partial charge on any atom is -0.495 e. The number of nitrogens with zero attached hydrogens (tertiary/aromatic N) is 3. The summed E-state index contributed by atoms with van der Waals surface area (Å²) in [4.78, 5) is 2.29. The molecule has 6 nitrogen and oxygen atoms in total. The average Bonchev–Trinajstić information content (AvgIpc) is 2.89. The van der Waals surface area contributed by atoms with Gasteiger partial charge in [0.05, 0.1) is 19.5 Å². The van der Waals surface area contributed by atoms with Crippen LogP contribution in [0.5, 0.6) is 11.5 Å². The summed E-state index contributed by atoms with van der Waals surface area (Å²) < 4.78 is 13.8. The largest absolute Gasteiger partial charge is 0.495 e. The van der Waals surface area contributed by atoms with E-state index in [4.69, 9.17) is 21.7 Å². The number of rotatable bonds is 5. The topological polar surface area (TPSA) is 51.5 Å². The Bertz CT molecular complexity index is 986. The van der Waals surface area contributed by atoms with Crippen LogP contribution in [-0.2, 0) is 13.2 Å². The first-order valence-corrected chi connectivity index (χ1v) is 9.86. The van der Waals surface area contributed by atoms with E-state index in [9.17, 15) is 0 Å².